The van der Waals surface area contributed by atoms with Crippen LogP contribution in [-0.4, -0.2) is 82.3 Å². The first-order valence-electron chi connectivity index (χ1n) is 12.2. The minimum atomic E-state index is -4.50. The fourth-order valence-electron chi connectivity index (χ4n) is 4.76. The SMILES string of the molecule is COc1cnccc1-c1ccc2nc(NC3(CN4CCN(C(=O)CC(F)(F)F)CC4)C=CC=CN3)[nH]c2c1. The minimum Gasteiger partial charge on any atom is -0.494 e. The van der Waals surface area contributed by atoms with Crippen LogP contribution in [0.15, 0.2) is 61.1 Å². The van der Waals surface area contributed by atoms with E-state index in [4.69, 9.17) is 9.72 Å². The van der Waals surface area contributed by atoms with E-state index in [9.17, 15) is 18.0 Å². The highest BCUT2D eigenvalue weighted by atomic mass is 19.4. The Morgan fingerprint density at radius 3 is 2.71 bits per heavy atom. The molecule has 1 saturated heterocycles. The van der Waals surface area contributed by atoms with Gasteiger partial charge in [-0.25, -0.2) is 4.98 Å². The van der Waals surface area contributed by atoms with Crippen LogP contribution in [0.1, 0.15) is 6.42 Å². The van der Waals surface area contributed by atoms with Crippen molar-refractivity contribution in [3.8, 4) is 16.9 Å². The van der Waals surface area contributed by atoms with Gasteiger partial charge in [0, 0.05) is 44.5 Å². The van der Waals surface area contributed by atoms with Gasteiger partial charge in [0.1, 0.15) is 17.8 Å². The molecule has 2 aromatic heterocycles. The second-order valence-electron chi connectivity index (χ2n) is 9.30. The standard InChI is InChI=1S/C26H28F3N7O2/c1-38-22-16-30-9-6-19(22)18-4-5-20-21(14-18)33-24(32-20)34-25(7-2-3-8-31-25)17-35-10-12-36(13-11-35)23(37)15-26(27,28)29/h2-9,14,16,31H,10-13,15,17H2,1H3,(H2,32,33,34). The molecular formula is C26H28F3N7O2. The lowest BCUT2D eigenvalue weighted by Crippen LogP contribution is -2.60. The second-order valence-corrected chi connectivity index (χ2v) is 9.30. The second kappa shape index (κ2) is 10.4. The molecule has 9 nitrogen and oxygen atoms in total. The number of nitrogens with zero attached hydrogens (tertiary/aromatic N) is 4. The van der Waals surface area contributed by atoms with Crippen molar-refractivity contribution in [3.63, 3.8) is 0 Å². The highest BCUT2D eigenvalue weighted by molar-refractivity contribution is 5.85. The first-order chi connectivity index (χ1) is 18.2. The number of imidazole rings is 1. The van der Waals surface area contributed by atoms with Crippen LogP contribution in [0.3, 0.4) is 0 Å². The monoisotopic (exact) mass is 527 g/mol. The molecule has 0 aliphatic carbocycles. The number of piperazine rings is 1. The van der Waals surface area contributed by atoms with Gasteiger partial charge in [0.15, 0.2) is 0 Å². The average molecular weight is 528 g/mol. The molecule has 5 rings (SSSR count). The summed E-state index contributed by atoms with van der Waals surface area (Å²) < 4.78 is 43.3. The zero-order valence-corrected chi connectivity index (χ0v) is 20.8. The number of benzene rings is 1. The van der Waals surface area contributed by atoms with E-state index in [1.54, 1.807) is 19.5 Å². The quantitative estimate of drug-likeness (QED) is 0.433. The molecule has 3 aromatic rings. The van der Waals surface area contributed by atoms with Crippen LogP contribution in [0.25, 0.3) is 22.2 Å². The van der Waals surface area contributed by atoms with Crippen molar-refractivity contribution in [2.75, 3.05) is 45.2 Å². The molecule has 4 heterocycles. The summed E-state index contributed by atoms with van der Waals surface area (Å²) in [5.74, 6) is 0.354. The summed E-state index contributed by atoms with van der Waals surface area (Å²) in [6.07, 6.45) is 5.07. The fourth-order valence-corrected chi connectivity index (χ4v) is 4.76. The molecular weight excluding hydrogens is 499 g/mol. The largest absolute Gasteiger partial charge is 0.494 e. The number of alkyl halides is 3. The van der Waals surface area contributed by atoms with Crippen LogP contribution in [-0.2, 0) is 4.79 Å². The average Bonchev–Trinajstić information content (AvgIpc) is 3.29. The molecule has 12 heteroatoms. The number of pyridine rings is 1. The van der Waals surface area contributed by atoms with E-state index in [-0.39, 0.29) is 13.1 Å². The number of hydrogen-bond donors (Lipinski definition) is 3. The molecule has 2 aliphatic heterocycles. The molecule has 0 radical (unpaired) electrons. The van der Waals surface area contributed by atoms with E-state index >= 15 is 0 Å². The van der Waals surface area contributed by atoms with Crippen molar-refractivity contribution >= 4 is 22.9 Å². The van der Waals surface area contributed by atoms with Gasteiger partial charge >= 0.3 is 6.18 Å². The Kier molecular flexibility index (Phi) is 6.98. The van der Waals surface area contributed by atoms with Crippen molar-refractivity contribution in [2.24, 2.45) is 0 Å². The molecule has 1 unspecified atom stereocenters. The van der Waals surface area contributed by atoms with Crippen LogP contribution in [0.2, 0.25) is 0 Å². The van der Waals surface area contributed by atoms with Crippen molar-refractivity contribution in [1.82, 2.24) is 30.1 Å². The summed E-state index contributed by atoms with van der Waals surface area (Å²) in [6, 6.07) is 7.80. The van der Waals surface area contributed by atoms with Crippen LogP contribution < -0.4 is 15.4 Å². The number of dihydropyridines is 1. The van der Waals surface area contributed by atoms with E-state index < -0.39 is 24.2 Å². The normalized spacial score (nSPS) is 19.9. The molecule has 1 aromatic carbocycles. The highest BCUT2D eigenvalue weighted by Gasteiger charge is 2.36. The molecule has 0 saturated carbocycles. The lowest BCUT2D eigenvalue weighted by atomic mass is 10.1. The molecule has 1 fully saturated rings. The first kappa shape index (κ1) is 25.6. The third kappa shape index (κ3) is 5.75. The summed E-state index contributed by atoms with van der Waals surface area (Å²) in [6.45, 7) is 1.92. The molecule has 1 atom stereocenters. The molecule has 0 bridgehead atoms. The number of aromatic amines is 1. The zero-order chi connectivity index (χ0) is 26.8. The number of hydrogen-bond acceptors (Lipinski definition) is 7. The summed E-state index contributed by atoms with van der Waals surface area (Å²) in [7, 11) is 1.61. The summed E-state index contributed by atoms with van der Waals surface area (Å²) in [5.41, 5.74) is 2.79. The van der Waals surface area contributed by atoms with Gasteiger partial charge in [0.2, 0.25) is 11.9 Å². The Bertz CT molecular complexity index is 1360. The molecule has 1 amide bonds. The molecule has 3 N–H and O–H groups in total. The Hall–Kier alpha value is -4.06. The van der Waals surface area contributed by atoms with E-state index in [1.165, 1.54) is 4.90 Å². The minimum absolute atomic E-state index is 0.246. The van der Waals surface area contributed by atoms with Gasteiger partial charge in [0.05, 0.1) is 24.3 Å². The number of allylic oxidation sites excluding steroid dienone is 2. The smallest absolute Gasteiger partial charge is 0.397 e. The van der Waals surface area contributed by atoms with Crippen molar-refractivity contribution in [3.05, 3.63) is 61.1 Å². The lowest BCUT2D eigenvalue weighted by molar-refractivity contribution is -0.162. The van der Waals surface area contributed by atoms with Crippen molar-refractivity contribution in [2.45, 2.75) is 18.3 Å². The van der Waals surface area contributed by atoms with Crippen LogP contribution in [0.4, 0.5) is 19.1 Å². The fraction of sp³-hybridized carbons (Fsp3) is 0.346. The predicted octanol–water partition coefficient (Wildman–Crippen LogP) is 3.51. The number of H-pyrrole nitrogens is 1. The third-order valence-electron chi connectivity index (χ3n) is 6.62. The number of fused-ring (bicyclic) bond motifs is 1. The Morgan fingerprint density at radius 2 is 2.00 bits per heavy atom. The van der Waals surface area contributed by atoms with Crippen molar-refractivity contribution in [1.29, 1.82) is 0 Å². The summed E-state index contributed by atoms with van der Waals surface area (Å²) in [4.78, 5) is 27.5. The number of ether oxygens (including phenoxy) is 1. The van der Waals surface area contributed by atoms with Gasteiger partial charge in [-0.3, -0.25) is 14.7 Å². The topological polar surface area (TPSA) is 98.4 Å². The highest BCUT2D eigenvalue weighted by Crippen LogP contribution is 2.31. The Balaban J connectivity index is 1.30. The zero-order valence-electron chi connectivity index (χ0n) is 20.8. The van der Waals surface area contributed by atoms with Crippen molar-refractivity contribution < 1.29 is 22.7 Å². The van der Waals surface area contributed by atoms with Gasteiger partial charge in [-0.15, -0.1) is 0 Å². The first-order valence-corrected chi connectivity index (χ1v) is 12.2. The number of amides is 1. The molecule has 0 spiro atoms. The van der Waals surface area contributed by atoms with Gasteiger partial charge < -0.3 is 25.3 Å². The molecule has 38 heavy (non-hydrogen) atoms. The van der Waals surface area contributed by atoms with Gasteiger partial charge in [0.25, 0.3) is 0 Å². The summed E-state index contributed by atoms with van der Waals surface area (Å²) in [5, 5.41) is 6.81. The van der Waals surface area contributed by atoms with Gasteiger partial charge in [-0.05, 0) is 42.1 Å². The maximum Gasteiger partial charge on any atom is 0.397 e. The van der Waals surface area contributed by atoms with Crippen LogP contribution in [0, 0.1) is 0 Å². The maximum absolute atomic E-state index is 12.6. The number of nitrogens with one attached hydrogen (secondary N) is 3. The van der Waals surface area contributed by atoms with Crippen LogP contribution >= 0.6 is 0 Å². The Labute approximate surface area is 217 Å². The van der Waals surface area contributed by atoms with Gasteiger partial charge in [-0.2, -0.15) is 13.2 Å². The van der Waals surface area contributed by atoms with Crippen LogP contribution in [0.5, 0.6) is 5.75 Å². The predicted molar refractivity (Wildman–Crippen MR) is 137 cm³/mol. The molecule has 200 valence electrons. The number of rotatable bonds is 7. The Morgan fingerprint density at radius 1 is 1.18 bits per heavy atom. The summed E-state index contributed by atoms with van der Waals surface area (Å²) >= 11 is 0. The maximum atomic E-state index is 12.6. The number of aromatic nitrogens is 3. The number of anilines is 1. The van der Waals surface area contributed by atoms with E-state index in [0.717, 1.165) is 22.2 Å². The third-order valence-corrected chi connectivity index (χ3v) is 6.62. The molecule has 2 aliphatic rings. The van der Waals surface area contributed by atoms with E-state index in [2.05, 4.69) is 25.5 Å². The number of carbonyl (C=O) groups excluding carboxylic acids is 1. The van der Waals surface area contributed by atoms with E-state index in [1.807, 2.05) is 48.7 Å². The number of halogens is 3. The number of methoxy groups -OCH3 is 1. The van der Waals surface area contributed by atoms with E-state index in [0.29, 0.717) is 31.3 Å². The lowest BCUT2D eigenvalue weighted by Gasteiger charge is -2.41. The van der Waals surface area contributed by atoms with Gasteiger partial charge in [-0.1, -0.05) is 12.1 Å². The number of carbonyl (C=O) groups is 1.